The molecule has 0 radical (unpaired) electrons. The molecule has 45 heavy (non-hydrogen) atoms. The van der Waals surface area contributed by atoms with Crippen molar-refractivity contribution in [1.29, 1.82) is 0 Å². The third-order valence-electron chi connectivity index (χ3n) is 8.14. The Labute approximate surface area is 270 Å². The molecule has 6 rings (SSSR count). The quantitative estimate of drug-likeness (QED) is 0.349. The van der Waals surface area contributed by atoms with E-state index in [2.05, 4.69) is 27.9 Å². The average molecular weight is 654 g/mol. The molecule has 9 nitrogen and oxygen atoms in total. The molecular weight excluding hydrogens is 622 g/mol. The largest absolute Gasteiger partial charge is 0.465 e. The van der Waals surface area contributed by atoms with Crippen LogP contribution in [0.25, 0.3) is 5.57 Å². The van der Waals surface area contributed by atoms with Gasteiger partial charge in [-0.2, -0.15) is 0 Å². The number of anilines is 1. The molecule has 12 heteroatoms. The molecule has 0 saturated heterocycles. The van der Waals surface area contributed by atoms with Crippen LogP contribution in [-0.4, -0.2) is 61.2 Å². The first-order valence-corrected chi connectivity index (χ1v) is 14.7. The monoisotopic (exact) mass is 652 g/mol. The third kappa shape index (κ3) is 6.45. The summed E-state index contributed by atoms with van der Waals surface area (Å²) in [5.41, 5.74) is 5.28. The Balaban J connectivity index is 0.00000400. The van der Waals surface area contributed by atoms with E-state index in [0.29, 0.717) is 17.7 Å². The van der Waals surface area contributed by atoms with Crippen LogP contribution >= 0.6 is 24.0 Å². The van der Waals surface area contributed by atoms with Gasteiger partial charge in [-0.3, -0.25) is 9.59 Å². The Morgan fingerprint density at radius 1 is 1.07 bits per heavy atom. The zero-order chi connectivity index (χ0) is 30.8. The van der Waals surface area contributed by atoms with Crippen molar-refractivity contribution in [3.05, 3.63) is 105 Å². The number of fused-ring (bicyclic) bond motifs is 1. The summed E-state index contributed by atoms with van der Waals surface area (Å²) in [7, 11) is 1.30. The van der Waals surface area contributed by atoms with E-state index in [9.17, 15) is 18.8 Å². The number of ether oxygens (including phenoxy) is 1. The Kier molecular flexibility index (Phi) is 9.86. The van der Waals surface area contributed by atoms with Crippen molar-refractivity contribution < 1.29 is 28.3 Å². The SMILES string of the molecule is COC(=O)c1ccc(NC(=O)[C@@H]2c3cccc(C4=CCNCC4)c3CCN2C(=O)C2CC(c3cccc(Cl)c3F)=NO2)cc1.Cl. The van der Waals surface area contributed by atoms with E-state index in [1.165, 1.54) is 29.7 Å². The van der Waals surface area contributed by atoms with Gasteiger partial charge in [-0.15, -0.1) is 12.4 Å². The first-order chi connectivity index (χ1) is 21.4. The second-order valence-corrected chi connectivity index (χ2v) is 11.1. The molecule has 2 atom stereocenters. The lowest BCUT2D eigenvalue weighted by atomic mass is 9.84. The summed E-state index contributed by atoms with van der Waals surface area (Å²) in [5.74, 6) is -1.96. The van der Waals surface area contributed by atoms with Crippen LogP contribution in [0.5, 0.6) is 0 Å². The van der Waals surface area contributed by atoms with Gasteiger partial charge in [0.2, 0.25) is 6.10 Å². The maximum atomic E-state index is 14.7. The number of carbonyl (C=O) groups is 3. The highest BCUT2D eigenvalue weighted by Gasteiger charge is 2.42. The lowest BCUT2D eigenvalue weighted by Crippen LogP contribution is -2.49. The molecule has 0 fully saturated rings. The van der Waals surface area contributed by atoms with Crippen molar-refractivity contribution >= 4 is 58.8 Å². The number of nitrogens with one attached hydrogen (secondary N) is 2. The van der Waals surface area contributed by atoms with Gasteiger partial charge in [0.15, 0.2) is 5.82 Å². The lowest BCUT2D eigenvalue weighted by Gasteiger charge is -2.38. The van der Waals surface area contributed by atoms with Crippen LogP contribution in [0, 0.1) is 5.82 Å². The fourth-order valence-electron chi connectivity index (χ4n) is 5.96. The number of methoxy groups -OCH3 is 1. The number of carbonyl (C=O) groups excluding carboxylic acids is 3. The minimum absolute atomic E-state index is 0. The van der Waals surface area contributed by atoms with Gasteiger partial charge in [-0.05, 0) is 78.0 Å². The summed E-state index contributed by atoms with van der Waals surface area (Å²) in [6.45, 7) is 1.90. The highest BCUT2D eigenvalue weighted by Crippen LogP contribution is 2.37. The molecule has 3 aromatic rings. The Morgan fingerprint density at radius 2 is 1.82 bits per heavy atom. The van der Waals surface area contributed by atoms with Crippen LogP contribution < -0.4 is 10.6 Å². The maximum Gasteiger partial charge on any atom is 0.337 e. The van der Waals surface area contributed by atoms with Crippen molar-refractivity contribution in [2.45, 2.75) is 31.4 Å². The minimum atomic E-state index is -1.03. The van der Waals surface area contributed by atoms with Crippen LogP contribution in [0.15, 0.2) is 71.9 Å². The number of nitrogens with zero attached hydrogens (tertiary/aromatic N) is 2. The lowest BCUT2D eigenvalue weighted by molar-refractivity contribution is -0.148. The molecule has 3 heterocycles. The number of halogens is 3. The molecule has 3 aliphatic rings. The van der Waals surface area contributed by atoms with Crippen LogP contribution in [0.3, 0.4) is 0 Å². The van der Waals surface area contributed by atoms with Crippen molar-refractivity contribution in [3.63, 3.8) is 0 Å². The van der Waals surface area contributed by atoms with Gasteiger partial charge in [0, 0.05) is 30.8 Å². The number of amides is 2. The third-order valence-corrected chi connectivity index (χ3v) is 8.43. The molecule has 3 aliphatic heterocycles. The second-order valence-electron chi connectivity index (χ2n) is 10.7. The first-order valence-electron chi connectivity index (χ1n) is 14.3. The smallest absolute Gasteiger partial charge is 0.337 e. The molecule has 1 unspecified atom stereocenters. The van der Waals surface area contributed by atoms with Crippen LogP contribution in [0.1, 0.15) is 51.5 Å². The van der Waals surface area contributed by atoms with Gasteiger partial charge in [0.05, 0.1) is 23.4 Å². The fraction of sp³-hybridized carbons (Fsp3) is 0.273. The van der Waals surface area contributed by atoms with E-state index in [-0.39, 0.29) is 41.7 Å². The molecule has 0 bridgehead atoms. The van der Waals surface area contributed by atoms with Gasteiger partial charge in [0.25, 0.3) is 11.8 Å². The van der Waals surface area contributed by atoms with E-state index in [0.717, 1.165) is 36.2 Å². The zero-order valence-electron chi connectivity index (χ0n) is 24.3. The molecular formula is C33H31Cl2FN4O5. The highest BCUT2D eigenvalue weighted by atomic mass is 35.5. The van der Waals surface area contributed by atoms with Crippen molar-refractivity contribution in [3.8, 4) is 0 Å². The van der Waals surface area contributed by atoms with Crippen molar-refractivity contribution in [1.82, 2.24) is 10.2 Å². The van der Waals surface area contributed by atoms with E-state index >= 15 is 0 Å². The summed E-state index contributed by atoms with van der Waals surface area (Å²) in [6, 6.07) is 15.8. The van der Waals surface area contributed by atoms with Gasteiger partial charge >= 0.3 is 5.97 Å². The van der Waals surface area contributed by atoms with Gasteiger partial charge in [-0.1, -0.05) is 47.1 Å². The van der Waals surface area contributed by atoms with Gasteiger partial charge in [0.1, 0.15) is 6.04 Å². The van der Waals surface area contributed by atoms with Crippen LogP contribution in [0.4, 0.5) is 10.1 Å². The Hall–Kier alpha value is -4.25. The van der Waals surface area contributed by atoms with Crippen LogP contribution in [-0.2, 0) is 25.6 Å². The molecule has 2 N–H and O–H groups in total. The van der Waals surface area contributed by atoms with E-state index in [4.69, 9.17) is 21.2 Å². The predicted octanol–water partition coefficient (Wildman–Crippen LogP) is 5.32. The Morgan fingerprint density at radius 3 is 2.56 bits per heavy atom. The predicted molar refractivity (Wildman–Crippen MR) is 171 cm³/mol. The summed E-state index contributed by atoms with van der Waals surface area (Å²) >= 11 is 5.96. The second kappa shape index (κ2) is 13.8. The van der Waals surface area contributed by atoms with E-state index in [1.54, 1.807) is 30.3 Å². The highest BCUT2D eigenvalue weighted by molar-refractivity contribution is 6.31. The van der Waals surface area contributed by atoms with Crippen LogP contribution in [0.2, 0.25) is 5.02 Å². The zero-order valence-corrected chi connectivity index (χ0v) is 25.9. The molecule has 2 amide bonds. The molecule has 3 aromatic carbocycles. The summed E-state index contributed by atoms with van der Waals surface area (Å²) in [5, 5.41) is 10.2. The van der Waals surface area contributed by atoms with E-state index in [1.807, 2.05) is 12.1 Å². The Bertz CT molecular complexity index is 1690. The van der Waals surface area contributed by atoms with Crippen molar-refractivity contribution in [2.24, 2.45) is 5.16 Å². The summed E-state index contributed by atoms with van der Waals surface area (Å²) in [6.07, 6.45) is 2.56. The van der Waals surface area contributed by atoms with Gasteiger partial charge in [-0.25, -0.2) is 9.18 Å². The molecule has 234 valence electrons. The van der Waals surface area contributed by atoms with Crippen molar-refractivity contribution in [2.75, 3.05) is 32.1 Å². The number of esters is 1. The fourth-order valence-corrected chi connectivity index (χ4v) is 6.13. The number of hydrogen-bond acceptors (Lipinski definition) is 7. The number of oxime groups is 1. The molecule has 0 aromatic heterocycles. The number of benzene rings is 3. The minimum Gasteiger partial charge on any atom is -0.465 e. The topological polar surface area (TPSA) is 109 Å². The normalized spacial score (nSPS) is 18.9. The van der Waals surface area contributed by atoms with Gasteiger partial charge < -0.3 is 25.1 Å². The maximum absolute atomic E-state index is 14.7. The van der Waals surface area contributed by atoms with E-state index < -0.39 is 35.7 Å². The molecule has 0 spiro atoms. The summed E-state index contributed by atoms with van der Waals surface area (Å²) in [4.78, 5) is 47.0. The number of rotatable bonds is 6. The molecule has 0 saturated carbocycles. The summed E-state index contributed by atoms with van der Waals surface area (Å²) < 4.78 is 19.5. The standard InChI is InChI=1S/C33H30ClFN4O5.ClH/c1-43-33(42)20-8-10-21(11-9-20)37-31(40)30-24-5-2-4-22(19-12-15-36-16-13-19)23(24)14-17-39(30)32(41)28-18-27(38-44-28)25-6-3-7-26(34)29(25)35;/h2-12,28,30,36H,13-18H2,1H3,(H,37,40);1H/t28?,30-;/m0./s1. The average Bonchev–Trinajstić information content (AvgIpc) is 3.55. The number of hydrogen-bond donors (Lipinski definition) is 2. The first kappa shape index (κ1) is 32.2. The molecule has 0 aliphatic carbocycles.